The lowest BCUT2D eigenvalue weighted by Gasteiger charge is -1.97. The number of nitrogens with two attached hydrogens (primary N) is 1. The smallest absolute Gasteiger partial charge is 0.141 e. The average molecular weight is 257 g/mol. The van der Waals surface area contributed by atoms with Crippen LogP contribution in [0.15, 0.2) is 18.2 Å². The topological polar surface area (TPSA) is 38.9 Å². The summed E-state index contributed by atoms with van der Waals surface area (Å²) in [5, 5.41) is 0.930. The minimum Gasteiger partial charge on any atom is -0.326 e. The number of benzene rings is 1. The van der Waals surface area contributed by atoms with Crippen LogP contribution in [0.2, 0.25) is 5.02 Å². The van der Waals surface area contributed by atoms with Crippen molar-refractivity contribution in [3.63, 3.8) is 0 Å². The van der Waals surface area contributed by atoms with Crippen LogP contribution in [0.25, 0.3) is 10.6 Å². The molecular weight excluding hydrogens is 247 g/mol. The van der Waals surface area contributed by atoms with Crippen LogP contribution in [0.4, 0.5) is 4.39 Å². The summed E-state index contributed by atoms with van der Waals surface area (Å²) in [6.45, 7) is 2.38. The van der Waals surface area contributed by atoms with Crippen molar-refractivity contribution < 1.29 is 4.39 Å². The van der Waals surface area contributed by atoms with Gasteiger partial charge in [-0.05, 0) is 25.1 Å². The molecule has 1 heterocycles. The quantitative estimate of drug-likeness (QED) is 0.895. The summed E-state index contributed by atoms with van der Waals surface area (Å²) in [5.74, 6) is -0.419. The molecule has 2 N–H and O–H groups in total. The van der Waals surface area contributed by atoms with E-state index in [0.717, 1.165) is 21.1 Å². The number of thiazole rings is 1. The largest absolute Gasteiger partial charge is 0.326 e. The van der Waals surface area contributed by atoms with E-state index in [-0.39, 0.29) is 5.02 Å². The van der Waals surface area contributed by atoms with Crippen molar-refractivity contribution in [1.82, 2.24) is 4.98 Å². The molecule has 0 aliphatic rings. The SMILES string of the molecule is Cc1nc(-c2ccc(F)c(Cl)c2)sc1CN. The summed E-state index contributed by atoms with van der Waals surface area (Å²) in [6.07, 6.45) is 0. The van der Waals surface area contributed by atoms with E-state index in [0.29, 0.717) is 6.54 Å². The van der Waals surface area contributed by atoms with Crippen LogP contribution in [0.3, 0.4) is 0 Å². The van der Waals surface area contributed by atoms with Gasteiger partial charge >= 0.3 is 0 Å². The Kier molecular flexibility index (Phi) is 3.23. The number of halogens is 2. The molecule has 0 spiro atoms. The summed E-state index contributed by atoms with van der Waals surface area (Å²) in [5.41, 5.74) is 7.32. The van der Waals surface area contributed by atoms with Gasteiger partial charge in [0.25, 0.3) is 0 Å². The second kappa shape index (κ2) is 4.49. The molecule has 0 aliphatic carbocycles. The second-order valence-corrected chi connectivity index (χ2v) is 4.85. The molecule has 2 nitrogen and oxygen atoms in total. The molecule has 1 aromatic heterocycles. The Morgan fingerprint density at radius 1 is 1.50 bits per heavy atom. The van der Waals surface area contributed by atoms with Gasteiger partial charge in [-0.15, -0.1) is 11.3 Å². The van der Waals surface area contributed by atoms with Crippen molar-refractivity contribution in [2.24, 2.45) is 5.73 Å². The summed E-state index contributed by atoms with van der Waals surface area (Å²) < 4.78 is 13.0. The van der Waals surface area contributed by atoms with Gasteiger partial charge in [0.1, 0.15) is 10.8 Å². The van der Waals surface area contributed by atoms with E-state index < -0.39 is 5.82 Å². The Balaban J connectivity index is 2.46. The van der Waals surface area contributed by atoms with E-state index in [4.69, 9.17) is 17.3 Å². The molecule has 2 aromatic rings. The van der Waals surface area contributed by atoms with E-state index in [1.807, 2.05) is 6.92 Å². The van der Waals surface area contributed by atoms with Crippen molar-refractivity contribution >= 4 is 22.9 Å². The van der Waals surface area contributed by atoms with Crippen LogP contribution in [0.1, 0.15) is 10.6 Å². The van der Waals surface area contributed by atoms with Crippen molar-refractivity contribution in [3.05, 3.63) is 39.6 Å². The maximum Gasteiger partial charge on any atom is 0.141 e. The van der Waals surface area contributed by atoms with Crippen molar-refractivity contribution in [2.45, 2.75) is 13.5 Å². The molecule has 84 valence electrons. The molecule has 0 aliphatic heterocycles. The third kappa shape index (κ3) is 2.09. The van der Waals surface area contributed by atoms with Crippen molar-refractivity contribution in [3.8, 4) is 10.6 Å². The molecule has 5 heteroatoms. The molecule has 0 unspecified atom stereocenters. The van der Waals surface area contributed by atoms with Crippen molar-refractivity contribution in [1.29, 1.82) is 0 Å². The average Bonchev–Trinajstić information content (AvgIpc) is 2.64. The molecule has 2 rings (SSSR count). The molecule has 0 saturated heterocycles. The van der Waals surface area contributed by atoms with Gasteiger partial charge in [-0.25, -0.2) is 9.37 Å². The molecule has 0 radical (unpaired) electrons. The van der Waals surface area contributed by atoms with Crippen LogP contribution >= 0.6 is 22.9 Å². The minimum absolute atomic E-state index is 0.111. The number of nitrogens with zero attached hydrogens (tertiary/aromatic N) is 1. The zero-order chi connectivity index (χ0) is 11.7. The Labute approximate surface area is 102 Å². The number of aromatic nitrogens is 1. The standard InChI is InChI=1S/C11H10ClFN2S/c1-6-10(5-14)16-11(15-6)7-2-3-9(13)8(12)4-7/h2-4H,5,14H2,1H3. The Morgan fingerprint density at radius 2 is 2.25 bits per heavy atom. The maximum absolute atomic E-state index is 13.0. The minimum atomic E-state index is -0.419. The number of aryl methyl sites for hydroxylation is 1. The van der Waals surface area contributed by atoms with Gasteiger partial charge in [0.2, 0.25) is 0 Å². The van der Waals surface area contributed by atoms with Gasteiger partial charge in [-0.2, -0.15) is 0 Å². The van der Waals surface area contributed by atoms with E-state index in [1.165, 1.54) is 17.4 Å². The van der Waals surface area contributed by atoms with Gasteiger partial charge in [0, 0.05) is 17.0 Å². The van der Waals surface area contributed by atoms with Gasteiger partial charge in [0.15, 0.2) is 0 Å². The summed E-state index contributed by atoms with van der Waals surface area (Å²) in [7, 11) is 0. The van der Waals surface area contributed by atoms with Gasteiger partial charge in [-0.3, -0.25) is 0 Å². The first-order chi connectivity index (χ1) is 7.61. The van der Waals surface area contributed by atoms with E-state index in [2.05, 4.69) is 4.98 Å². The fourth-order valence-corrected chi connectivity index (χ4v) is 2.49. The molecule has 0 amide bonds. The summed E-state index contributed by atoms with van der Waals surface area (Å²) in [6, 6.07) is 4.59. The molecular formula is C11H10ClFN2S. The van der Waals surface area contributed by atoms with Crippen LogP contribution in [0.5, 0.6) is 0 Å². The Hall–Kier alpha value is -0.970. The van der Waals surface area contributed by atoms with E-state index in [1.54, 1.807) is 12.1 Å². The number of hydrogen-bond acceptors (Lipinski definition) is 3. The van der Waals surface area contributed by atoms with E-state index in [9.17, 15) is 4.39 Å². The maximum atomic E-state index is 13.0. The van der Waals surface area contributed by atoms with Crippen LogP contribution in [-0.4, -0.2) is 4.98 Å². The third-order valence-corrected chi connectivity index (χ3v) is 3.76. The number of rotatable bonds is 2. The zero-order valence-electron chi connectivity index (χ0n) is 8.63. The Morgan fingerprint density at radius 3 is 2.81 bits per heavy atom. The highest BCUT2D eigenvalue weighted by Gasteiger charge is 2.09. The normalized spacial score (nSPS) is 10.8. The molecule has 0 fully saturated rings. The van der Waals surface area contributed by atoms with Crippen LogP contribution in [-0.2, 0) is 6.54 Å². The molecule has 16 heavy (non-hydrogen) atoms. The van der Waals surface area contributed by atoms with Gasteiger partial charge in [-0.1, -0.05) is 11.6 Å². The van der Waals surface area contributed by atoms with Crippen molar-refractivity contribution in [2.75, 3.05) is 0 Å². The second-order valence-electron chi connectivity index (χ2n) is 3.36. The highest BCUT2D eigenvalue weighted by atomic mass is 35.5. The Bertz CT molecular complexity index is 525. The third-order valence-electron chi connectivity index (χ3n) is 2.24. The van der Waals surface area contributed by atoms with E-state index >= 15 is 0 Å². The first-order valence-corrected chi connectivity index (χ1v) is 5.93. The molecule has 0 bridgehead atoms. The lowest BCUT2D eigenvalue weighted by atomic mass is 10.2. The highest BCUT2D eigenvalue weighted by Crippen LogP contribution is 2.30. The van der Waals surface area contributed by atoms with Crippen LogP contribution in [0, 0.1) is 12.7 Å². The fourth-order valence-electron chi connectivity index (χ4n) is 1.37. The molecule has 1 aromatic carbocycles. The molecule has 0 saturated carbocycles. The monoisotopic (exact) mass is 256 g/mol. The van der Waals surface area contributed by atoms with Gasteiger partial charge < -0.3 is 5.73 Å². The first-order valence-electron chi connectivity index (χ1n) is 4.73. The zero-order valence-corrected chi connectivity index (χ0v) is 10.2. The predicted octanol–water partition coefficient (Wildman–Crippen LogP) is 3.37. The lowest BCUT2D eigenvalue weighted by Crippen LogP contribution is -1.94. The molecule has 0 atom stereocenters. The summed E-state index contributed by atoms with van der Waals surface area (Å²) in [4.78, 5) is 5.42. The predicted molar refractivity (Wildman–Crippen MR) is 65.1 cm³/mol. The fraction of sp³-hybridized carbons (Fsp3) is 0.182. The summed E-state index contributed by atoms with van der Waals surface area (Å²) >= 11 is 7.23. The van der Waals surface area contributed by atoms with Gasteiger partial charge in [0.05, 0.1) is 10.7 Å². The highest BCUT2D eigenvalue weighted by molar-refractivity contribution is 7.15. The first kappa shape index (κ1) is 11.5. The van der Waals surface area contributed by atoms with Crippen LogP contribution < -0.4 is 5.73 Å². The number of hydrogen-bond donors (Lipinski definition) is 1. The lowest BCUT2D eigenvalue weighted by molar-refractivity contribution is 0.628.